The molecule has 0 bridgehead atoms. The van der Waals surface area contributed by atoms with Gasteiger partial charge in [0.1, 0.15) is 11.3 Å². The molecule has 1 aliphatic carbocycles. The first-order valence-electron chi connectivity index (χ1n) is 8.57. The van der Waals surface area contributed by atoms with Gasteiger partial charge in [0.2, 0.25) is 0 Å². The van der Waals surface area contributed by atoms with Crippen LogP contribution < -0.4 is 10.1 Å². The quantitative estimate of drug-likeness (QED) is 0.895. The second-order valence-electron chi connectivity index (χ2n) is 6.10. The minimum atomic E-state index is -0.628. The maximum Gasteiger partial charge on any atom is 0.407 e. The second-order valence-corrected chi connectivity index (χ2v) is 6.10. The second kappa shape index (κ2) is 7.50. The van der Waals surface area contributed by atoms with E-state index in [1.165, 1.54) is 0 Å². The number of rotatable bonds is 5. The Morgan fingerprint density at radius 3 is 2.84 bits per heavy atom. The Morgan fingerprint density at radius 2 is 2.12 bits per heavy atom. The number of alkyl carbamates (subject to hydrolysis) is 1. The van der Waals surface area contributed by atoms with Crippen molar-refractivity contribution in [3.63, 3.8) is 0 Å². The zero-order valence-electron chi connectivity index (χ0n) is 14.6. The van der Waals surface area contributed by atoms with Crippen molar-refractivity contribution in [3.8, 4) is 11.4 Å². The van der Waals surface area contributed by atoms with Gasteiger partial charge in [0.05, 0.1) is 19.4 Å². The van der Waals surface area contributed by atoms with Crippen LogP contribution in [0.25, 0.3) is 5.69 Å². The van der Waals surface area contributed by atoms with E-state index in [2.05, 4.69) is 20.8 Å². The van der Waals surface area contributed by atoms with Crippen molar-refractivity contribution >= 4 is 6.09 Å². The molecule has 0 saturated heterocycles. The maximum absolute atomic E-state index is 12.1. The van der Waals surface area contributed by atoms with Crippen LogP contribution in [0, 0.1) is 0 Å². The summed E-state index contributed by atoms with van der Waals surface area (Å²) in [5.74, 6) is 1.34. The molecule has 134 valence electrons. The Labute approximate surface area is 146 Å². The number of aromatic nitrogens is 4. The molecule has 1 N–H and O–H groups in total. The number of benzene rings is 1. The third-order valence-electron chi connectivity index (χ3n) is 4.52. The summed E-state index contributed by atoms with van der Waals surface area (Å²) >= 11 is 0. The number of hydrogen-bond acceptors (Lipinski definition) is 6. The van der Waals surface area contributed by atoms with E-state index in [9.17, 15) is 4.79 Å². The minimum Gasteiger partial charge on any atom is -0.497 e. The van der Waals surface area contributed by atoms with Gasteiger partial charge in [-0.2, -0.15) is 4.68 Å². The average molecular weight is 345 g/mol. The van der Waals surface area contributed by atoms with Crippen molar-refractivity contribution in [2.24, 2.45) is 0 Å². The lowest BCUT2D eigenvalue weighted by molar-refractivity contribution is 0.124. The summed E-state index contributed by atoms with van der Waals surface area (Å²) in [6.07, 6.45) is 4.23. The number of nitrogens with one attached hydrogen (secondary N) is 1. The zero-order valence-corrected chi connectivity index (χ0v) is 14.6. The number of ether oxygens (including phenoxy) is 2. The molecule has 8 nitrogen and oxygen atoms in total. The number of methoxy groups -OCH3 is 1. The Bertz CT molecular complexity index is 725. The molecule has 0 radical (unpaired) electrons. The van der Waals surface area contributed by atoms with Crippen molar-refractivity contribution in [2.75, 3.05) is 13.7 Å². The van der Waals surface area contributed by atoms with E-state index in [1.807, 2.05) is 24.3 Å². The van der Waals surface area contributed by atoms with Gasteiger partial charge in [-0.05, 0) is 42.3 Å². The van der Waals surface area contributed by atoms with Gasteiger partial charge in [-0.15, -0.1) is 5.10 Å². The van der Waals surface area contributed by atoms with Gasteiger partial charge in [-0.25, -0.2) is 4.79 Å². The summed E-state index contributed by atoms with van der Waals surface area (Å²) in [7, 11) is 1.62. The first-order chi connectivity index (χ1) is 12.2. The predicted molar refractivity (Wildman–Crippen MR) is 90.6 cm³/mol. The van der Waals surface area contributed by atoms with E-state index < -0.39 is 11.6 Å². The van der Waals surface area contributed by atoms with Crippen LogP contribution in [-0.4, -0.2) is 40.0 Å². The number of carbonyl (C=O) groups is 1. The highest BCUT2D eigenvalue weighted by molar-refractivity contribution is 5.68. The SMILES string of the molecule is CCOC(=O)NC1(c2nnnn2-c2cccc(OC)c2)CCCCC1. The van der Waals surface area contributed by atoms with Crippen LogP contribution in [0.4, 0.5) is 4.79 Å². The van der Waals surface area contributed by atoms with Crippen LogP contribution in [0.2, 0.25) is 0 Å². The minimum absolute atomic E-state index is 0.322. The van der Waals surface area contributed by atoms with Gasteiger partial charge in [-0.3, -0.25) is 0 Å². The Balaban J connectivity index is 1.99. The first kappa shape index (κ1) is 17.2. The monoisotopic (exact) mass is 345 g/mol. The number of tetrazole rings is 1. The summed E-state index contributed by atoms with van der Waals surface area (Å²) in [6.45, 7) is 2.11. The van der Waals surface area contributed by atoms with Crippen LogP contribution in [0.5, 0.6) is 5.75 Å². The summed E-state index contributed by atoms with van der Waals surface area (Å²) < 4.78 is 12.1. The molecule has 0 spiro atoms. The topological polar surface area (TPSA) is 91.2 Å². The number of hydrogen-bond donors (Lipinski definition) is 1. The van der Waals surface area contributed by atoms with Crippen LogP contribution in [-0.2, 0) is 10.3 Å². The highest BCUT2D eigenvalue weighted by atomic mass is 16.5. The Morgan fingerprint density at radius 1 is 1.32 bits per heavy atom. The van der Waals surface area contributed by atoms with Crippen molar-refractivity contribution in [1.82, 2.24) is 25.5 Å². The molecular formula is C17H23N5O3. The lowest BCUT2D eigenvalue weighted by atomic mass is 9.81. The summed E-state index contributed by atoms with van der Waals surface area (Å²) in [5.41, 5.74) is 0.159. The molecule has 0 atom stereocenters. The van der Waals surface area contributed by atoms with Gasteiger partial charge >= 0.3 is 6.09 Å². The van der Waals surface area contributed by atoms with Crippen LogP contribution in [0.15, 0.2) is 24.3 Å². The van der Waals surface area contributed by atoms with E-state index in [0.717, 1.165) is 43.5 Å². The lowest BCUT2D eigenvalue weighted by Gasteiger charge is -2.36. The standard InChI is InChI=1S/C17H23N5O3/c1-3-25-16(23)18-17(10-5-4-6-11-17)15-19-20-21-22(15)13-8-7-9-14(12-13)24-2/h7-9,12H,3-6,10-11H2,1-2H3,(H,18,23). The number of carbonyl (C=O) groups excluding carboxylic acids is 1. The van der Waals surface area contributed by atoms with E-state index in [0.29, 0.717) is 12.4 Å². The van der Waals surface area contributed by atoms with Gasteiger partial charge in [0.15, 0.2) is 5.82 Å². The Kier molecular flexibility index (Phi) is 5.16. The smallest absolute Gasteiger partial charge is 0.407 e. The average Bonchev–Trinajstić information content (AvgIpc) is 3.13. The van der Waals surface area contributed by atoms with Gasteiger partial charge < -0.3 is 14.8 Å². The molecule has 1 saturated carbocycles. The maximum atomic E-state index is 12.1. The molecule has 1 heterocycles. The third kappa shape index (κ3) is 3.57. The van der Waals surface area contributed by atoms with Crippen molar-refractivity contribution in [3.05, 3.63) is 30.1 Å². The first-order valence-corrected chi connectivity index (χ1v) is 8.57. The van der Waals surface area contributed by atoms with Gasteiger partial charge in [0, 0.05) is 6.07 Å². The highest BCUT2D eigenvalue weighted by Gasteiger charge is 2.41. The molecule has 1 fully saturated rings. The highest BCUT2D eigenvalue weighted by Crippen LogP contribution is 2.37. The molecule has 8 heteroatoms. The molecule has 0 aliphatic heterocycles. The molecule has 1 aromatic carbocycles. The summed E-state index contributed by atoms with van der Waals surface area (Å²) in [5, 5.41) is 15.3. The van der Waals surface area contributed by atoms with Gasteiger partial charge in [-0.1, -0.05) is 25.3 Å². The van der Waals surface area contributed by atoms with Gasteiger partial charge in [0.25, 0.3) is 0 Å². The summed E-state index contributed by atoms with van der Waals surface area (Å²) in [6, 6.07) is 7.51. The van der Waals surface area contributed by atoms with Crippen LogP contribution in [0.1, 0.15) is 44.9 Å². The number of amides is 1. The number of nitrogens with zero attached hydrogens (tertiary/aromatic N) is 4. The van der Waals surface area contributed by atoms with E-state index in [-0.39, 0.29) is 0 Å². The van der Waals surface area contributed by atoms with Crippen molar-refractivity contribution in [2.45, 2.75) is 44.6 Å². The molecule has 1 aliphatic rings. The van der Waals surface area contributed by atoms with E-state index >= 15 is 0 Å². The molecular weight excluding hydrogens is 322 g/mol. The molecule has 0 unspecified atom stereocenters. The third-order valence-corrected chi connectivity index (χ3v) is 4.52. The Hall–Kier alpha value is -2.64. The van der Waals surface area contributed by atoms with Crippen LogP contribution >= 0.6 is 0 Å². The molecule has 25 heavy (non-hydrogen) atoms. The molecule has 2 aromatic rings. The normalized spacial score (nSPS) is 16.2. The van der Waals surface area contributed by atoms with Crippen molar-refractivity contribution in [1.29, 1.82) is 0 Å². The van der Waals surface area contributed by atoms with Crippen LogP contribution in [0.3, 0.4) is 0 Å². The largest absolute Gasteiger partial charge is 0.497 e. The lowest BCUT2D eigenvalue weighted by Crippen LogP contribution is -2.49. The van der Waals surface area contributed by atoms with E-state index in [4.69, 9.17) is 9.47 Å². The molecule has 1 amide bonds. The zero-order chi connectivity index (χ0) is 17.7. The molecule has 1 aromatic heterocycles. The molecule has 3 rings (SSSR count). The summed E-state index contributed by atoms with van der Waals surface area (Å²) in [4.78, 5) is 12.1. The fourth-order valence-electron chi connectivity index (χ4n) is 3.32. The fraction of sp³-hybridized carbons (Fsp3) is 0.529. The van der Waals surface area contributed by atoms with Crippen molar-refractivity contribution < 1.29 is 14.3 Å². The van der Waals surface area contributed by atoms with E-state index in [1.54, 1.807) is 18.7 Å². The predicted octanol–water partition coefficient (Wildman–Crippen LogP) is 2.58. The fourth-order valence-corrected chi connectivity index (χ4v) is 3.32.